The molecule has 0 aliphatic carbocycles. The third-order valence-electron chi connectivity index (χ3n) is 4.10. The van der Waals surface area contributed by atoms with Gasteiger partial charge >= 0.3 is 10.4 Å². The monoisotopic (exact) mass is 416 g/mol. The first-order valence-corrected chi connectivity index (χ1v) is 10.7. The van der Waals surface area contributed by atoms with Gasteiger partial charge in [0, 0.05) is 0 Å². The van der Waals surface area contributed by atoms with Crippen molar-refractivity contribution in [1.82, 2.24) is 5.43 Å². The average Bonchev–Trinajstić information content (AvgIpc) is 2.62. The van der Waals surface area contributed by atoms with Crippen LogP contribution >= 0.6 is 0 Å². The third kappa shape index (κ3) is 14.2. The lowest BCUT2D eigenvalue weighted by molar-refractivity contribution is 0.0950. The van der Waals surface area contributed by atoms with Gasteiger partial charge in [0.25, 0.3) is 5.91 Å². The minimum Gasteiger partial charge on any atom is -0.507 e. The van der Waals surface area contributed by atoms with Crippen LogP contribution in [0.5, 0.6) is 5.75 Å². The molecule has 9 heteroatoms. The number of phenolic OH excluding ortho intramolecular Hbond substituents is 1. The summed E-state index contributed by atoms with van der Waals surface area (Å²) in [5, 5.41) is 10.1. The topological polar surface area (TPSA) is 150 Å². The van der Waals surface area contributed by atoms with Crippen molar-refractivity contribution in [3.63, 3.8) is 0 Å². The largest absolute Gasteiger partial charge is 0.507 e. The van der Waals surface area contributed by atoms with Crippen LogP contribution in [0.3, 0.4) is 0 Å². The molecule has 0 spiro atoms. The molecule has 0 heterocycles. The molecule has 0 unspecified atom stereocenters. The molecule has 1 rings (SSSR count). The Morgan fingerprint density at radius 2 is 1.54 bits per heavy atom. The van der Waals surface area contributed by atoms with E-state index in [1.54, 1.807) is 12.1 Å². The average molecular weight is 417 g/mol. The van der Waals surface area contributed by atoms with E-state index in [4.69, 9.17) is 23.4 Å². The van der Waals surface area contributed by atoms with Crippen LogP contribution in [0.25, 0.3) is 0 Å². The number of hydrazine groups is 1. The van der Waals surface area contributed by atoms with Crippen LogP contribution in [0, 0.1) is 0 Å². The van der Waals surface area contributed by atoms with E-state index < -0.39 is 16.3 Å². The van der Waals surface area contributed by atoms with E-state index >= 15 is 0 Å². The van der Waals surface area contributed by atoms with Crippen molar-refractivity contribution in [1.29, 1.82) is 0 Å². The van der Waals surface area contributed by atoms with Crippen LogP contribution < -0.4 is 11.3 Å². The number of carbonyl (C=O) groups excluding carboxylic acids is 1. The number of aryl methyl sites for hydroxylation is 1. The summed E-state index contributed by atoms with van der Waals surface area (Å²) < 4.78 is 31.6. The van der Waals surface area contributed by atoms with E-state index in [1.165, 1.54) is 38.5 Å². The molecule has 8 nitrogen and oxygen atoms in total. The van der Waals surface area contributed by atoms with Crippen LogP contribution in [0.15, 0.2) is 30.9 Å². The number of hydrogen-bond donors (Lipinski definition) is 5. The molecule has 1 aromatic carbocycles. The maximum atomic E-state index is 11.5. The maximum Gasteiger partial charge on any atom is 0.394 e. The van der Waals surface area contributed by atoms with Crippen LogP contribution in [-0.2, 0) is 16.8 Å². The lowest BCUT2D eigenvalue weighted by Gasteiger charge is -2.08. The van der Waals surface area contributed by atoms with Gasteiger partial charge < -0.3 is 5.11 Å². The highest BCUT2D eigenvalue weighted by atomic mass is 32.3. The number of allylic oxidation sites excluding steroid dienone is 1. The highest BCUT2D eigenvalue weighted by molar-refractivity contribution is 7.79. The predicted molar refractivity (Wildman–Crippen MR) is 109 cm³/mol. The second-order valence-corrected chi connectivity index (χ2v) is 7.29. The summed E-state index contributed by atoms with van der Waals surface area (Å²) in [4.78, 5) is 11.5. The lowest BCUT2D eigenvalue weighted by Crippen LogP contribution is -2.30. The quantitative estimate of drug-likeness (QED) is 0.0872. The highest BCUT2D eigenvalue weighted by Gasteiger charge is 2.12. The van der Waals surface area contributed by atoms with E-state index in [1.807, 2.05) is 12.1 Å². The first-order valence-electron chi connectivity index (χ1n) is 9.33. The van der Waals surface area contributed by atoms with Gasteiger partial charge in [0.05, 0.1) is 5.56 Å². The zero-order valence-corrected chi connectivity index (χ0v) is 17.0. The Balaban J connectivity index is 0.00000129. The van der Waals surface area contributed by atoms with Crippen LogP contribution in [0.1, 0.15) is 73.7 Å². The normalized spacial score (nSPS) is 10.7. The standard InChI is InChI=1S/C19H30N2O2.H2O4S/c1-2-3-4-5-6-7-8-9-10-11-13-16-14-12-15-17(18(16)22)19(23)21-20;1-5(2,3)4/h2,12,14-15,22H,1,3-11,13,20H2,(H,21,23);(H2,1,2,3,4). The van der Waals surface area contributed by atoms with Gasteiger partial charge in [-0.15, -0.1) is 6.58 Å². The zero-order valence-electron chi connectivity index (χ0n) is 16.1. The number of nitrogen functional groups attached to an aromatic ring is 1. The summed E-state index contributed by atoms with van der Waals surface area (Å²) in [6.45, 7) is 3.73. The van der Waals surface area contributed by atoms with E-state index in [2.05, 4.69) is 12.0 Å². The number of para-hydroxylation sites is 1. The van der Waals surface area contributed by atoms with Crippen molar-refractivity contribution in [2.75, 3.05) is 0 Å². The summed E-state index contributed by atoms with van der Waals surface area (Å²) in [5.74, 6) is 4.71. The number of carbonyl (C=O) groups is 1. The summed E-state index contributed by atoms with van der Waals surface area (Å²) >= 11 is 0. The minimum absolute atomic E-state index is 0.0534. The molecule has 0 radical (unpaired) electrons. The SMILES string of the molecule is C=CCCCCCCCCCCc1cccc(C(=O)NN)c1O.O=S(=O)(O)O. The number of amides is 1. The summed E-state index contributed by atoms with van der Waals surface area (Å²) in [5.41, 5.74) is 3.11. The molecular weight excluding hydrogens is 384 g/mol. The number of nitrogens with one attached hydrogen (secondary N) is 1. The third-order valence-corrected chi connectivity index (χ3v) is 4.10. The Bertz CT molecular complexity index is 684. The molecule has 28 heavy (non-hydrogen) atoms. The van der Waals surface area contributed by atoms with Gasteiger partial charge in [-0.3, -0.25) is 19.3 Å². The fourth-order valence-electron chi connectivity index (χ4n) is 2.72. The molecule has 0 aliphatic heterocycles. The Kier molecular flexibility index (Phi) is 14.0. The summed E-state index contributed by atoms with van der Waals surface area (Å²) in [6, 6.07) is 5.22. The first-order chi connectivity index (χ1) is 13.2. The van der Waals surface area contributed by atoms with Crippen LogP contribution in [-0.4, -0.2) is 28.5 Å². The van der Waals surface area contributed by atoms with Crippen LogP contribution in [0.2, 0.25) is 0 Å². The molecule has 0 fully saturated rings. The number of benzene rings is 1. The summed E-state index contributed by atoms with van der Waals surface area (Å²) in [6.07, 6.45) is 13.8. The molecule has 0 aliphatic rings. The van der Waals surface area contributed by atoms with E-state index in [0.29, 0.717) is 0 Å². The van der Waals surface area contributed by atoms with Crippen molar-refractivity contribution < 1.29 is 27.4 Å². The molecule has 160 valence electrons. The Morgan fingerprint density at radius 3 is 2.04 bits per heavy atom. The molecule has 6 N–H and O–H groups in total. The predicted octanol–water partition coefficient (Wildman–Crippen LogP) is 3.58. The maximum absolute atomic E-state index is 11.5. The van der Waals surface area contributed by atoms with Gasteiger partial charge in [-0.2, -0.15) is 8.42 Å². The number of aromatic hydroxyl groups is 1. The van der Waals surface area contributed by atoms with Gasteiger partial charge in [-0.25, -0.2) is 5.84 Å². The molecule has 0 aromatic heterocycles. The number of unbranched alkanes of at least 4 members (excludes halogenated alkanes) is 8. The Hall–Kier alpha value is -1.94. The fourth-order valence-corrected chi connectivity index (χ4v) is 2.72. The highest BCUT2D eigenvalue weighted by Crippen LogP contribution is 2.24. The molecule has 0 atom stereocenters. The molecule has 1 aromatic rings. The fraction of sp³-hybridized carbons (Fsp3) is 0.526. The first kappa shape index (κ1) is 26.1. The second-order valence-electron chi connectivity index (χ2n) is 6.39. The molecule has 0 bridgehead atoms. The van der Waals surface area contributed by atoms with Gasteiger partial charge in [0.1, 0.15) is 5.75 Å². The Morgan fingerprint density at radius 1 is 1.04 bits per heavy atom. The number of rotatable bonds is 12. The van der Waals surface area contributed by atoms with E-state index in [9.17, 15) is 9.90 Å². The molecule has 0 saturated carbocycles. The molecular formula is C19H32N2O6S. The van der Waals surface area contributed by atoms with Crippen LogP contribution in [0.4, 0.5) is 0 Å². The van der Waals surface area contributed by atoms with Crippen molar-refractivity contribution >= 4 is 16.3 Å². The van der Waals surface area contributed by atoms with Crippen molar-refractivity contribution in [3.05, 3.63) is 42.0 Å². The Labute approximate surface area is 167 Å². The zero-order chi connectivity index (χ0) is 21.4. The van der Waals surface area contributed by atoms with Crippen molar-refractivity contribution in [3.8, 4) is 5.75 Å². The van der Waals surface area contributed by atoms with Gasteiger partial charge in [0.2, 0.25) is 0 Å². The second kappa shape index (κ2) is 15.0. The minimum atomic E-state index is -4.67. The lowest BCUT2D eigenvalue weighted by atomic mass is 10.0. The van der Waals surface area contributed by atoms with Gasteiger partial charge in [-0.05, 0) is 37.3 Å². The molecule has 0 saturated heterocycles. The molecule has 1 amide bonds. The van der Waals surface area contributed by atoms with E-state index in [-0.39, 0.29) is 11.3 Å². The van der Waals surface area contributed by atoms with E-state index in [0.717, 1.165) is 31.2 Å². The number of hydrogen-bond acceptors (Lipinski definition) is 5. The summed E-state index contributed by atoms with van der Waals surface area (Å²) in [7, 11) is -4.67. The smallest absolute Gasteiger partial charge is 0.394 e. The van der Waals surface area contributed by atoms with Gasteiger partial charge in [0.15, 0.2) is 0 Å². The van der Waals surface area contributed by atoms with Crippen molar-refractivity contribution in [2.45, 2.75) is 64.2 Å². The number of nitrogens with two attached hydrogens (primary N) is 1. The van der Waals surface area contributed by atoms with Crippen molar-refractivity contribution in [2.24, 2.45) is 5.84 Å². The van der Waals surface area contributed by atoms with Gasteiger partial charge in [-0.1, -0.05) is 56.7 Å². The number of phenols is 1.